The van der Waals surface area contributed by atoms with Crippen LogP contribution >= 0.6 is 27.3 Å². The van der Waals surface area contributed by atoms with Gasteiger partial charge in [-0.1, -0.05) is 28.1 Å². The largest absolute Gasteiger partial charge is 0.507 e. The van der Waals surface area contributed by atoms with E-state index in [9.17, 15) is 19.1 Å². The van der Waals surface area contributed by atoms with Gasteiger partial charge < -0.3 is 5.11 Å². The molecule has 152 valence electrons. The molecule has 0 radical (unpaired) electrons. The van der Waals surface area contributed by atoms with Crippen LogP contribution in [0.15, 0.2) is 58.6 Å². The van der Waals surface area contributed by atoms with Gasteiger partial charge in [0, 0.05) is 14.9 Å². The maximum Gasteiger partial charge on any atom is 0.301 e. The number of ketones is 1. The molecular weight excluding hydrogens is 471 g/mol. The number of nitrogens with zero attached hydrogens (tertiary/aromatic N) is 2. The van der Waals surface area contributed by atoms with Crippen molar-refractivity contribution in [3.05, 3.63) is 86.1 Å². The van der Waals surface area contributed by atoms with Crippen molar-refractivity contribution in [2.45, 2.75) is 19.9 Å². The van der Waals surface area contributed by atoms with E-state index in [-0.39, 0.29) is 16.9 Å². The molecule has 1 amide bonds. The van der Waals surface area contributed by atoms with Crippen molar-refractivity contribution in [2.75, 3.05) is 4.90 Å². The summed E-state index contributed by atoms with van der Waals surface area (Å²) in [5, 5.41) is 11.3. The van der Waals surface area contributed by atoms with E-state index in [0.29, 0.717) is 10.7 Å². The fourth-order valence-electron chi connectivity index (χ4n) is 3.31. The Morgan fingerprint density at radius 2 is 1.73 bits per heavy atom. The predicted octanol–water partition coefficient (Wildman–Crippen LogP) is 5.29. The van der Waals surface area contributed by atoms with E-state index < -0.39 is 23.5 Å². The number of anilines is 1. The van der Waals surface area contributed by atoms with Gasteiger partial charge in [-0.2, -0.15) is 0 Å². The Morgan fingerprint density at radius 3 is 2.30 bits per heavy atom. The summed E-state index contributed by atoms with van der Waals surface area (Å²) in [6.07, 6.45) is 0. The van der Waals surface area contributed by atoms with Crippen molar-refractivity contribution in [3.63, 3.8) is 0 Å². The zero-order valence-corrected chi connectivity index (χ0v) is 18.4. The van der Waals surface area contributed by atoms with E-state index >= 15 is 0 Å². The van der Waals surface area contributed by atoms with Gasteiger partial charge in [0.2, 0.25) is 0 Å². The highest BCUT2D eigenvalue weighted by atomic mass is 79.9. The highest BCUT2D eigenvalue weighted by Gasteiger charge is 2.48. The van der Waals surface area contributed by atoms with Crippen LogP contribution in [0.1, 0.15) is 27.7 Å². The quantitative estimate of drug-likeness (QED) is 0.310. The van der Waals surface area contributed by atoms with Crippen LogP contribution in [0.5, 0.6) is 0 Å². The first kappa shape index (κ1) is 20.4. The van der Waals surface area contributed by atoms with Crippen LogP contribution in [0.4, 0.5) is 9.52 Å². The lowest BCUT2D eigenvalue weighted by Crippen LogP contribution is -2.29. The van der Waals surface area contributed by atoms with Crippen LogP contribution in [0.2, 0.25) is 0 Å². The normalized spacial score (nSPS) is 18.3. The summed E-state index contributed by atoms with van der Waals surface area (Å²) in [6, 6.07) is 11.4. The number of aryl methyl sites for hydroxylation is 2. The average Bonchev–Trinajstić information content (AvgIpc) is 3.18. The van der Waals surface area contributed by atoms with Gasteiger partial charge >= 0.3 is 5.91 Å². The lowest BCUT2D eigenvalue weighted by molar-refractivity contribution is -0.132. The summed E-state index contributed by atoms with van der Waals surface area (Å²) < 4.78 is 14.2. The maximum absolute atomic E-state index is 13.3. The molecule has 1 aromatic heterocycles. The molecule has 1 aliphatic rings. The Labute approximate surface area is 184 Å². The molecule has 2 aromatic carbocycles. The number of aliphatic hydroxyl groups is 1. The number of hydrogen-bond donors (Lipinski definition) is 1. The second-order valence-electron chi connectivity index (χ2n) is 6.87. The number of rotatable bonds is 3. The first-order valence-corrected chi connectivity index (χ1v) is 10.7. The zero-order valence-electron chi connectivity index (χ0n) is 16.0. The summed E-state index contributed by atoms with van der Waals surface area (Å²) >= 11 is 4.69. The van der Waals surface area contributed by atoms with E-state index in [1.807, 2.05) is 13.8 Å². The van der Waals surface area contributed by atoms with Crippen molar-refractivity contribution < 1.29 is 19.1 Å². The van der Waals surface area contributed by atoms with E-state index in [0.717, 1.165) is 15.0 Å². The summed E-state index contributed by atoms with van der Waals surface area (Å²) in [5.41, 5.74) is 1.61. The molecule has 0 unspecified atom stereocenters. The topological polar surface area (TPSA) is 70.5 Å². The molecule has 0 spiro atoms. The van der Waals surface area contributed by atoms with Crippen molar-refractivity contribution >= 4 is 49.8 Å². The van der Waals surface area contributed by atoms with E-state index in [1.165, 1.54) is 40.5 Å². The molecule has 0 aliphatic carbocycles. The molecule has 2 heterocycles. The molecule has 0 bridgehead atoms. The van der Waals surface area contributed by atoms with Gasteiger partial charge in [0.15, 0.2) is 5.13 Å². The molecule has 1 N–H and O–H groups in total. The summed E-state index contributed by atoms with van der Waals surface area (Å²) in [7, 11) is 0. The zero-order chi connectivity index (χ0) is 21.6. The molecular formula is C22H16BrFN2O3S. The fourth-order valence-corrected chi connectivity index (χ4v) is 4.51. The van der Waals surface area contributed by atoms with E-state index in [2.05, 4.69) is 20.9 Å². The average molecular weight is 487 g/mol. The van der Waals surface area contributed by atoms with E-state index in [4.69, 9.17) is 0 Å². The van der Waals surface area contributed by atoms with E-state index in [1.54, 1.807) is 24.3 Å². The van der Waals surface area contributed by atoms with Crippen molar-refractivity contribution in [1.29, 1.82) is 0 Å². The lowest BCUT2D eigenvalue weighted by Gasteiger charge is -2.23. The number of Topliss-reactive ketones (excluding diaryl/α,β-unsaturated/α-hetero) is 1. The fraction of sp³-hybridized carbons (Fsp3) is 0.136. The number of aromatic nitrogens is 1. The van der Waals surface area contributed by atoms with Crippen LogP contribution in [-0.4, -0.2) is 21.8 Å². The van der Waals surface area contributed by atoms with Gasteiger partial charge in [0.25, 0.3) is 5.78 Å². The molecule has 1 fully saturated rings. The minimum Gasteiger partial charge on any atom is -0.507 e. The third kappa shape index (κ3) is 3.46. The third-order valence-electron chi connectivity index (χ3n) is 4.97. The van der Waals surface area contributed by atoms with Crippen molar-refractivity contribution in [2.24, 2.45) is 0 Å². The maximum atomic E-state index is 13.3. The van der Waals surface area contributed by atoms with Crippen LogP contribution in [0.3, 0.4) is 0 Å². The summed E-state index contributed by atoms with van der Waals surface area (Å²) in [5.74, 6) is -2.39. The lowest BCUT2D eigenvalue weighted by atomic mass is 9.95. The number of thiazole rings is 1. The highest BCUT2D eigenvalue weighted by Crippen LogP contribution is 2.43. The van der Waals surface area contributed by atoms with Crippen molar-refractivity contribution in [3.8, 4) is 0 Å². The van der Waals surface area contributed by atoms with Gasteiger partial charge in [0.05, 0.1) is 17.3 Å². The van der Waals surface area contributed by atoms with Crippen LogP contribution in [0, 0.1) is 19.7 Å². The number of hydrogen-bond acceptors (Lipinski definition) is 5. The number of amides is 1. The molecule has 4 rings (SSSR count). The van der Waals surface area contributed by atoms with Crippen molar-refractivity contribution in [1.82, 2.24) is 4.98 Å². The SMILES string of the molecule is Cc1nc(N2C(=O)C(=O)/C(=C(/O)c3ccc(F)cc3)[C@H]2c2ccc(Br)cc2)sc1C. The molecule has 3 aromatic rings. The molecule has 8 heteroatoms. The monoisotopic (exact) mass is 486 g/mol. The van der Waals surface area contributed by atoms with Gasteiger partial charge in [-0.15, -0.1) is 11.3 Å². The first-order valence-electron chi connectivity index (χ1n) is 9.04. The minimum atomic E-state index is -0.854. The Bertz CT molecular complexity index is 1170. The number of carbonyl (C=O) groups is 2. The number of carbonyl (C=O) groups excluding carboxylic acids is 2. The van der Waals surface area contributed by atoms with Gasteiger partial charge in [-0.3, -0.25) is 14.5 Å². The van der Waals surface area contributed by atoms with Crippen LogP contribution < -0.4 is 4.90 Å². The molecule has 30 heavy (non-hydrogen) atoms. The molecule has 5 nitrogen and oxygen atoms in total. The number of aliphatic hydroxyl groups excluding tert-OH is 1. The summed E-state index contributed by atoms with van der Waals surface area (Å²) in [4.78, 5) is 32.7. The second kappa shape index (κ2) is 7.77. The molecule has 0 saturated carbocycles. The molecule has 1 saturated heterocycles. The van der Waals surface area contributed by atoms with Crippen LogP contribution in [-0.2, 0) is 9.59 Å². The minimum absolute atomic E-state index is 0.0561. The Kier molecular flexibility index (Phi) is 5.29. The first-order chi connectivity index (χ1) is 14.3. The van der Waals surface area contributed by atoms with Crippen LogP contribution in [0.25, 0.3) is 5.76 Å². The Morgan fingerprint density at radius 1 is 1.10 bits per heavy atom. The predicted molar refractivity (Wildman–Crippen MR) is 117 cm³/mol. The molecule has 1 aliphatic heterocycles. The summed E-state index contributed by atoms with van der Waals surface area (Å²) in [6.45, 7) is 3.72. The highest BCUT2D eigenvalue weighted by molar-refractivity contribution is 9.10. The second-order valence-corrected chi connectivity index (χ2v) is 8.96. The van der Waals surface area contributed by atoms with Gasteiger partial charge in [-0.05, 0) is 55.8 Å². The van der Waals surface area contributed by atoms with Gasteiger partial charge in [-0.25, -0.2) is 9.37 Å². The Balaban J connectivity index is 1.94. The van der Waals surface area contributed by atoms with Gasteiger partial charge in [0.1, 0.15) is 11.6 Å². The number of benzene rings is 2. The number of halogens is 2. The standard InChI is InChI=1S/C22H16BrFN2O3S/c1-11-12(2)30-22(25-11)26-18(13-3-7-15(23)8-4-13)17(20(28)21(26)29)19(27)14-5-9-16(24)10-6-14/h3-10,18,27H,1-2H3/b19-17+/t18-/m1/s1. The molecule has 1 atom stereocenters. The Hall–Kier alpha value is -2.84. The smallest absolute Gasteiger partial charge is 0.301 e. The third-order valence-corrected chi connectivity index (χ3v) is 6.57.